The molecule has 0 aromatic heterocycles. The van der Waals surface area contributed by atoms with Gasteiger partial charge in [0, 0.05) is 5.69 Å². The molecule has 96 valence electrons. The second kappa shape index (κ2) is 4.84. The van der Waals surface area contributed by atoms with Crippen molar-refractivity contribution in [2.75, 3.05) is 17.2 Å². The number of fused-ring (bicyclic) bond motifs is 1. The lowest BCUT2D eigenvalue weighted by Gasteiger charge is -2.19. The topological polar surface area (TPSA) is 67.4 Å². The van der Waals surface area contributed by atoms with Crippen LogP contribution < -0.4 is 15.4 Å². The Hall–Kier alpha value is -1.17. The summed E-state index contributed by atoms with van der Waals surface area (Å²) in [4.78, 5) is 22.6. The van der Waals surface area contributed by atoms with Crippen LogP contribution in [0.4, 0.5) is 11.4 Å². The molecule has 2 N–H and O–H groups in total. The molecule has 2 rings (SSSR count). The Bertz CT molecular complexity index is 514. The number of ether oxygens (including phenoxy) is 1. The summed E-state index contributed by atoms with van der Waals surface area (Å²) < 4.78 is 3.11. The monoisotopic (exact) mass is 308 g/mol. The largest absolute Gasteiger partial charge is 0.482 e. The van der Waals surface area contributed by atoms with Crippen LogP contribution in [0, 0.1) is 0 Å². The van der Waals surface area contributed by atoms with Crippen LogP contribution in [0.3, 0.4) is 0 Å². The Morgan fingerprint density at radius 3 is 2.78 bits per heavy atom. The van der Waals surface area contributed by atoms with Crippen molar-refractivity contribution in [2.45, 2.75) is 3.79 Å². The summed E-state index contributed by atoms with van der Waals surface area (Å²) in [6.07, 6.45) is 0. The van der Waals surface area contributed by atoms with Gasteiger partial charge in [-0.2, -0.15) is 0 Å². The van der Waals surface area contributed by atoms with E-state index in [1.165, 1.54) is 6.07 Å². The highest BCUT2D eigenvalue weighted by atomic mass is 35.6. The molecule has 2 amide bonds. The zero-order valence-corrected chi connectivity index (χ0v) is 11.1. The molecule has 1 aromatic rings. The van der Waals surface area contributed by atoms with E-state index in [0.29, 0.717) is 17.1 Å². The van der Waals surface area contributed by atoms with Gasteiger partial charge in [-0.1, -0.05) is 34.8 Å². The maximum atomic E-state index is 11.4. The Balaban J connectivity index is 2.19. The molecule has 0 fully saturated rings. The molecule has 0 saturated heterocycles. The summed E-state index contributed by atoms with van der Waals surface area (Å²) in [7, 11) is 0. The van der Waals surface area contributed by atoms with Crippen LogP contribution >= 0.6 is 34.8 Å². The van der Waals surface area contributed by atoms with Crippen LogP contribution in [-0.2, 0) is 9.59 Å². The zero-order valence-electron chi connectivity index (χ0n) is 8.80. The smallest absolute Gasteiger partial charge is 0.276 e. The van der Waals surface area contributed by atoms with E-state index in [4.69, 9.17) is 39.5 Å². The predicted octanol–water partition coefficient (Wildman–Crippen LogP) is 2.33. The van der Waals surface area contributed by atoms with Gasteiger partial charge >= 0.3 is 0 Å². The first-order valence-corrected chi connectivity index (χ1v) is 5.94. The first kappa shape index (κ1) is 13.3. The highest BCUT2D eigenvalue weighted by Gasteiger charge is 2.30. The van der Waals surface area contributed by atoms with Crippen molar-refractivity contribution >= 4 is 58.0 Å². The summed E-state index contributed by atoms with van der Waals surface area (Å²) in [5.41, 5.74) is 0.837. The van der Waals surface area contributed by atoms with Gasteiger partial charge in [0.05, 0.1) is 5.69 Å². The second-order valence-electron chi connectivity index (χ2n) is 3.50. The SMILES string of the molecule is O=C1COc2ccc(NC(=O)C(Cl)(Cl)Cl)cc2N1. The predicted molar refractivity (Wildman–Crippen MR) is 69.5 cm³/mol. The standard InChI is InChI=1S/C10H7Cl3N2O3/c11-10(12,13)9(17)14-5-1-2-7-6(3-5)15-8(16)4-18-7/h1-3H,4H2,(H,14,17)(H,15,16). The lowest BCUT2D eigenvalue weighted by atomic mass is 10.2. The molecule has 0 radical (unpaired) electrons. The van der Waals surface area contributed by atoms with Gasteiger partial charge < -0.3 is 15.4 Å². The molecular weight excluding hydrogens is 302 g/mol. The first-order chi connectivity index (χ1) is 8.36. The number of nitrogens with one attached hydrogen (secondary N) is 2. The molecule has 0 aliphatic carbocycles. The van der Waals surface area contributed by atoms with Gasteiger partial charge in [0.15, 0.2) is 6.61 Å². The van der Waals surface area contributed by atoms with E-state index in [2.05, 4.69) is 10.6 Å². The average Bonchev–Trinajstić information content (AvgIpc) is 2.27. The Kier molecular flexibility index (Phi) is 3.56. The van der Waals surface area contributed by atoms with Crippen molar-refractivity contribution in [3.05, 3.63) is 18.2 Å². The number of amides is 2. The maximum absolute atomic E-state index is 11.4. The van der Waals surface area contributed by atoms with E-state index in [9.17, 15) is 9.59 Å². The summed E-state index contributed by atoms with van der Waals surface area (Å²) in [5, 5.41) is 5.00. The molecule has 1 aliphatic heterocycles. The minimum Gasteiger partial charge on any atom is -0.482 e. The molecule has 0 unspecified atom stereocenters. The number of hydrogen-bond donors (Lipinski definition) is 2. The molecule has 1 heterocycles. The number of rotatable bonds is 1. The fourth-order valence-electron chi connectivity index (χ4n) is 1.36. The number of alkyl halides is 3. The van der Waals surface area contributed by atoms with E-state index in [-0.39, 0.29) is 12.5 Å². The number of carbonyl (C=O) groups is 2. The minimum atomic E-state index is -2.05. The maximum Gasteiger partial charge on any atom is 0.276 e. The van der Waals surface area contributed by atoms with Crippen LogP contribution in [0.15, 0.2) is 18.2 Å². The molecule has 1 aliphatic rings. The summed E-state index contributed by atoms with van der Waals surface area (Å²) in [5.74, 6) is -0.538. The highest BCUT2D eigenvalue weighted by molar-refractivity contribution is 6.76. The lowest BCUT2D eigenvalue weighted by molar-refractivity contribution is -0.118. The zero-order chi connectivity index (χ0) is 13.3. The molecule has 0 saturated carbocycles. The molecule has 5 nitrogen and oxygen atoms in total. The van der Waals surface area contributed by atoms with Gasteiger partial charge in [0.1, 0.15) is 5.75 Å². The van der Waals surface area contributed by atoms with E-state index in [1.807, 2.05) is 0 Å². The minimum absolute atomic E-state index is 0.0349. The Labute approximate surface area is 117 Å². The normalized spacial score (nSPS) is 14.3. The number of benzene rings is 1. The number of carbonyl (C=O) groups excluding carboxylic acids is 2. The summed E-state index contributed by atoms with van der Waals surface area (Å²) >= 11 is 16.3. The second-order valence-corrected chi connectivity index (χ2v) is 5.78. The molecule has 0 atom stereocenters. The van der Waals surface area contributed by atoms with E-state index in [1.54, 1.807) is 12.1 Å². The van der Waals surface area contributed by atoms with Crippen LogP contribution in [-0.4, -0.2) is 22.2 Å². The third-order valence-corrected chi connectivity index (χ3v) is 2.64. The van der Waals surface area contributed by atoms with Crippen LogP contribution in [0.1, 0.15) is 0 Å². The average molecular weight is 310 g/mol. The van der Waals surface area contributed by atoms with Crippen LogP contribution in [0.2, 0.25) is 0 Å². The Morgan fingerprint density at radius 1 is 1.39 bits per heavy atom. The lowest BCUT2D eigenvalue weighted by Crippen LogP contribution is -2.28. The van der Waals surface area contributed by atoms with Crippen molar-refractivity contribution in [3.8, 4) is 5.75 Å². The molecule has 18 heavy (non-hydrogen) atoms. The highest BCUT2D eigenvalue weighted by Crippen LogP contribution is 2.32. The third-order valence-electron chi connectivity index (χ3n) is 2.13. The number of hydrogen-bond acceptors (Lipinski definition) is 3. The van der Waals surface area contributed by atoms with Crippen LogP contribution in [0.5, 0.6) is 5.75 Å². The summed E-state index contributed by atoms with van der Waals surface area (Å²) in [6, 6.07) is 4.69. The van der Waals surface area contributed by atoms with Gasteiger partial charge in [0.25, 0.3) is 15.6 Å². The Morgan fingerprint density at radius 2 is 2.11 bits per heavy atom. The van der Waals surface area contributed by atoms with Gasteiger partial charge in [-0.05, 0) is 18.2 Å². The first-order valence-electron chi connectivity index (χ1n) is 4.81. The van der Waals surface area contributed by atoms with Gasteiger partial charge in [0.2, 0.25) is 0 Å². The molecule has 1 aromatic carbocycles. The molecule has 0 bridgehead atoms. The number of anilines is 2. The van der Waals surface area contributed by atoms with E-state index >= 15 is 0 Å². The third kappa shape index (κ3) is 2.98. The molecule has 0 spiro atoms. The molecular formula is C10H7Cl3N2O3. The van der Waals surface area contributed by atoms with Gasteiger partial charge in [-0.15, -0.1) is 0 Å². The quantitative estimate of drug-likeness (QED) is 0.782. The van der Waals surface area contributed by atoms with Crippen molar-refractivity contribution in [1.82, 2.24) is 0 Å². The number of halogens is 3. The summed E-state index contributed by atoms with van der Waals surface area (Å²) in [6.45, 7) is -0.0349. The fraction of sp³-hybridized carbons (Fsp3) is 0.200. The van der Waals surface area contributed by atoms with Crippen molar-refractivity contribution < 1.29 is 14.3 Å². The van der Waals surface area contributed by atoms with E-state index < -0.39 is 9.70 Å². The fourth-order valence-corrected chi connectivity index (χ4v) is 1.50. The van der Waals surface area contributed by atoms with Crippen LogP contribution in [0.25, 0.3) is 0 Å². The van der Waals surface area contributed by atoms with Crippen molar-refractivity contribution in [3.63, 3.8) is 0 Å². The van der Waals surface area contributed by atoms with Crippen molar-refractivity contribution in [1.29, 1.82) is 0 Å². The van der Waals surface area contributed by atoms with E-state index in [0.717, 1.165) is 0 Å². The van der Waals surface area contributed by atoms with Gasteiger partial charge in [-0.3, -0.25) is 9.59 Å². The molecule has 8 heteroatoms. The van der Waals surface area contributed by atoms with Crippen molar-refractivity contribution in [2.24, 2.45) is 0 Å². The van der Waals surface area contributed by atoms with Gasteiger partial charge in [-0.25, -0.2) is 0 Å².